The van der Waals surface area contributed by atoms with Gasteiger partial charge in [0.25, 0.3) is 5.24 Å². The summed E-state index contributed by atoms with van der Waals surface area (Å²) < 4.78 is 10.3. The molecule has 1 rings (SSSR count). The fraction of sp³-hybridized carbons (Fsp3) is 0.364. The predicted octanol–water partition coefficient (Wildman–Crippen LogP) is 2.19. The van der Waals surface area contributed by atoms with Crippen molar-refractivity contribution >= 4 is 17.9 Å². The predicted molar refractivity (Wildman–Crippen MR) is 65.4 cm³/mol. The van der Waals surface area contributed by atoms with Crippen molar-refractivity contribution in [1.82, 2.24) is 4.90 Å². The SMILES string of the molecule is COc1ccc(CN(C)C(=O)S)cc1OC. The summed E-state index contributed by atoms with van der Waals surface area (Å²) in [5.41, 5.74) is 0.961. The Morgan fingerprint density at radius 2 is 1.94 bits per heavy atom. The summed E-state index contributed by atoms with van der Waals surface area (Å²) in [5.74, 6) is 1.33. The van der Waals surface area contributed by atoms with Gasteiger partial charge in [-0.2, -0.15) is 0 Å². The van der Waals surface area contributed by atoms with E-state index >= 15 is 0 Å². The van der Waals surface area contributed by atoms with Gasteiger partial charge in [-0.3, -0.25) is 4.79 Å². The Kier molecular flexibility index (Phi) is 4.49. The molecule has 1 aromatic rings. The molecule has 0 aliphatic rings. The van der Waals surface area contributed by atoms with Crippen LogP contribution in [0.25, 0.3) is 0 Å². The number of hydrogen-bond donors (Lipinski definition) is 1. The average Bonchev–Trinajstić information content (AvgIpc) is 2.28. The van der Waals surface area contributed by atoms with Crippen LogP contribution in [0.4, 0.5) is 4.79 Å². The van der Waals surface area contributed by atoms with Crippen molar-refractivity contribution in [2.75, 3.05) is 21.3 Å². The fourth-order valence-electron chi connectivity index (χ4n) is 1.32. The minimum atomic E-state index is -0.269. The van der Waals surface area contributed by atoms with Crippen LogP contribution in [0.15, 0.2) is 18.2 Å². The van der Waals surface area contributed by atoms with Crippen LogP contribution in [-0.2, 0) is 6.54 Å². The molecule has 0 aliphatic heterocycles. The molecule has 0 N–H and O–H groups in total. The highest BCUT2D eigenvalue weighted by Crippen LogP contribution is 2.27. The monoisotopic (exact) mass is 241 g/mol. The first-order valence-corrected chi connectivity index (χ1v) is 5.18. The van der Waals surface area contributed by atoms with Crippen LogP contribution in [0.2, 0.25) is 0 Å². The Labute approximate surface area is 101 Å². The van der Waals surface area contributed by atoms with Crippen molar-refractivity contribution in [2.24, 2.45) is 0 Å². The van der Waals surface area contributed by atoms with Crippen LogP contribution < -0.4 is 9.47 Å². The van der Waals surface area contributed by atoms with E-state index in [2.05, 4.69) is 12.6 Å². The maximum absolute atomic E-state index is 11.0. The molecule has 0 fully saturated rings. The van der Waals surface area contributed by atoms with Crippen LogP contribution in [0.1, 0.15) is 5.56 Å². The zero-order valence-corrected chi connectivity index (χ0v) is 10.5. The molecule has 0 radical (unpaired) electrons. The average molecular weight is 241 g/mol. The summed E-state index contributed by atoms with van der Waals surface area (Å²) in [7, 11) is 4.85. The third-order valence-corrected chi connectivity index (χ3v) is 2.54. The van der Waals surface area contributed by atoms with Gasteiger partial charge in [0.1, 0.15) is 0 Å². The van der Waals surface area contributed by atoms with E-state index in [4.69, 9.17) is 9.47 Å². The van der Waals surface area contributed by atoms with Gasteiger partial charge in [-0.1, -0.05) is 18.7 Å². The van der Waals surface area contributed by atoms with E-state index in [0.717, 1.165) is 5.56 Å². The molecule has 4 nitrogen and oxygen atoms in total. The van der Waals surface area contributed by atoms with E-state index < -0.39 is 0 Å². The van der Waals surface area contributed by atoms with E-state index in [1.165, 1.54) is 4.90 Å². The first-order valence-electron chi connectivity index (χ1n) is 4.73. The number of methoxy groups -OCH3 is 2. The smallest absolute Gasteiger partial charge is 0.278 e. The maximum atomic E-state index is 11.0. The van der Waals surface area contributed by atoms with Crippen molar-refractivity contribution in [3.63, 3.8) is 0 Å². The number of ether oxygens (including phenoxy) is 2. The van der Waals surface area contributed by atoms with Crippen molar-refractivity contribution in [3.8, 4) is 11.5 Å². The topological polar surface area (TPSA) is 38.8 Å². The summed E-state index contributed by atoms with van der Waals surface area (Å²) in [6.45, 7) is 0.489. The molecule has 0 heterocycles. The molecular weight excluding hydrogens is 226 g/mol. The van der Waals surface area contributed by atoms with Crippen LogP contribution in [-0.4, -0.2) is 31.4 Å². The van der Waals surface area contributed by atoms with Crippen molar-refractivity contribution in [1.29, 1.82) is 0 Å². The van der Waals surface area contributed by atoms with Gasteiger partial charge in [0.15, 0.2) is 11.5 Å². The second-order valence-electron chi connectivity index (χ2n) is 3.33. The highest BCUT2D eigenvalue weighted by Gasteiger charge is 2.08. The zero-order valence-electron chi connectivity index (χ0n) is 9.56. The summed E-state index contributed by atoms with van der Waals surface area (Å²) in [6.07, 6.45) is 0. The molecule has 88 valence electrons. The molecular formula is C11H15NO3S. The minimum Gasteiger partial charge on any atom is -0.493 e. The fourth-order valence-corrected chi connectivity index (χ4v) is 1.39. The molecule has 0 atom stereocenters. The minimum absolute atomic E-state index is 0.269. The Bertz CT molecular complexity index is 381. The molecule has 0 saturated heterocycles. The standard InChI is InChI=1S/C11H15NO3S/c1-12(11(13)16)7-8-4-5-9(14-2)10(6-8)15-3/h4-6H,7H2,1-3H3,(H,13,16). The molecule has 1 amide bonds. The summed E-state index contributed by atoms with van der Waals surface area (Å²) in [4.78, 5) is 12.5. The summed E-state index contributed by atoms with van der Waals surface area (Å²) >= 11 is 3.74. The largest absolute Gasteiger partial charge is 0.493 e. The highest BCUT2D eigenvalue weighted by atomic mass is 32.1. The third kappa shape index (κ3) is 3.06. The molecule has 0 spiro atoms. The van der Waals surface area contributed by atoms with Crippen LogP contribution >= 0.6 is 12.6 Å². The van der Waals surface area contributed by atoms with Crippen LogP contribution in [0.3, 0.4) is 0 Å². The second-order valence-corrected chi connectivity index (χ2v) is 3.71. The van der Waals surface area contributed by atoms with E-state index in [-0.39, 0.29) is 5.24 Å². The summed E-state index contributed by atoms with van der Waals surface area (Å²) in [5, 5.41) is -0.269. The van der Waals surface area contributed by atoms with Gasteiger partial charge in [0, 0.05) is 13.6 Å². The highest BCUT2D eigenvalue weighted by molar-refractivity contribution is 7.96. The molecule has 0 saturated carbocycles. The number of carbonyl (C=O) groups excluding carboxylic acids is 1. The van der Waals surface area contributed by atoms with Gasteiger partial charge in [-0.05, 0) is 17.7 Å². The van der Waals surface area contributed by atoms with E-state index in [0.29, 0.717) is 18.0 Å². The van der Waals surface area contributed by atoms with E-state index in [9.17, 15) is 4.79 Å². The van der Waals surface area contributed by atoms with Crippen molar-refractivity contribution in [3.05, 3.63) is 23.8 Å². The second kappa shape index (κ2) is 5.65. The van der Waals surface area contributed by atoms with Crippen molar-refractivity contribution in [2.45, 2.75) is 6.54 Å². The van der Waals surface area contributed by atoms with Gasteiger partial charge in [-0.25, -0.2) is 0 Å². The van der Waals surface area contributed by atoms with Gasteiger partial charge >= 0.3 is 0 Å². The first kappa shape index (κ1) is 12.7. The number of amides is 1. The number of rotatable bonds is 4. The third-order valence-electron chi connectivity index (χ3n) is 2.19. The molecule has 0 aliphatic carbocycles. The Balaban J connectivity index is 2.86. The Morgan fingerprint density at radius 1 is 1.31 bits per heavy atom. The zero-order chi connectivity index (χ0) is 12.1. The molecule has 5 heteroatoms. The lowest BCUT2D eigenvalue weighted by Crippen LogP contribution is -2.20. The number of carbonyl (C=O) groups is 1. The lowest BCUT2D eigenvalue weighted by atomic mass is 10.2. The number of benzene rings is 1. The number of hydrogen-bond acceptors (Lipinski definition) is 3. The van der Waals surface area contributed by atoms with E-state index in [1.807, 2.05) is 18.2 Å². The quantitative estimate of drug-likeness (QED) is 0.821. The molecule has 16 heavy (non-hydrogen) atoms. The first-order chi connectivity index (χ1) is 7.58. The number of nitrogens with zero attached hydrogens (tertiary/aromatic N) is 1. The van der Waals surface area contributed by atoms with Gasteiger partial charge in [0.05, 0.1) is 14.2 Å². The molecule has 0 bridgehead atoms. The van der Waals surface area contributed by atoms with E-state index in [1.54, 1.807) is 21.3 Å². The number of thiol groups is 1. The molecule has 0 aromatic heterocycles. The van der Waals surface area contributed by atoms with Gasteiger partial charge < -0.3 is 14.4 Å². The normalized spacial score (nSPS) is 9.75. The lowest BCUT2D eigenvalue weighted by Gasteiger charge is -2.15. The van der Waals surface area contributed by atoms with Crippen LogP contribution in [0.5, 0.6) is 11.5 Å². The Morgan fingerprint density at radius 3 is 2.44 bits per heavy atom. The molecule has 0 unspecified atom stereocenters. The Hall–Kier alpha value is -1.36. The van der Waals surface area contributed by atoms with Crippen molar-refractivity contribution < 1.29 is 14.3 Å². The molecule has 1 aromatic carbocycles. The van der Waals surface area contributed by atoms with Gasteiger partial charge in [-0.15, -0.1) is 0 Å². The maximum Gasteiger partial charge on any atom is 0.278 e. The van der Waals surface area contributed by atoms with Gasteiger partial charge in [0.2, 0.25) is 0 Å². The lowest BCUT2D eigenvalue weighted by molar-refractivity contribution is 0.232. The van der Waals surface area contributed by atoms with Crippen LogP contribution in [0, 0.1) is 0 Å². The summed E-state index contributed by atoms with van der Waals surface area (Å²) in [6, 6.07) is 5.53.